The smallest absolute Gasteiger partial charge is 0.410 e. The molecule has 6 nitrogen and oxygen atoms in total. The Bertz CT molecular complexity index is 843. The monoisotopic (exact) mass is 383 g/mol. The highest BCUT2D eigenvalue weighted by molar-refractivity contribution is 6.03. The minimum Gasteiger partial charge on any atom is -0.444 e. The Morgan fingerprint density at radius 3 is 2.46 bits per heavy atom. The van der Waals surface area contributed by atoms with Gasteiger partial charge in [-0.2, -0.15) is 0 Å². The fraction of sp³-hybridized carbons (Fsp3) is 0.455. The van der Waals surface area contributed by atoms with Crippen LogP contribution < -0.4 is 5.32 Å². The van der Waals surface area contributed by atoms with Gasteiger partial charge in [0.05, 0.1) is 0 Å². The van der Waals surface area contributed by atoms with Gasteiger partial charge in [0.15, 0.2) is 0 Å². The summed E-state index contributed by atoms with van der Waals surface area (Å²) in [4.78, 5) is 26.8. The van der Waals surface area contributed by atoms with Crippen molar-refractivity contribution in [3.63, 3.8) is 0 Å². The number of piperidine rings is 1. The number of anilines is 1. The summed E-state index contributed by atoms with van der Waals surface area (Å²) >= 11 is 0. The van der Waals surface area contributed by atoms with Gasteiger partial charge in [-0.25, -0.2) is 4.79 Å². The third-order valence-electron chi connectivity index (χ3n) is 4.80. The minimum atomic E-state index is -0.491. The molecule has 1 aromatic heterocycles. The van der Waals surface area contributed by atoms with Crippen molar-refractivity contribution in [2.45, 2.75) is 52.2 Å². The number of aromatic nitrogens is 1. The van der Waals surface area contributed by atoms with E-state index in [0.29, 0.717) is 18.8 Å². The van der Waals surface area contributed by atoms with Gasteiger partial charge in [-0.1, -0.05) is 12.1 Å². The van der Waals surface area contributed by atoms with Gasteiger partial charge >= 0.3 is 6.09 Å². The molecule has 28 heavy (non-hydrogen) atoms. The van der Waals surface area contributed by atoms with Crippen molar-refractivity contribution >= 4 is 17.7 Å². The highest BCUT2D eigenvalue weighted by Crippen LogP contribution is 2.26. The van der Waals surface area contributed by atoms with Crippen molar-refractivity contribution in [3.05, 3.63) is 53.9 Å². The molecule has 1 fully saturated rings. The summed E-state index contributed by atoms with van der Waals surface area (Å²) in [6.45, 7) is 8.86. The zero-order valence-electron chi connectivity index (χ0n) is 17.1. The van der Waals surface area contributed by atoms with Crippen LogP contribution in [0.2, 0.25) is 0 Å². The molecule has 0 spiro atoms. The molecular weight excluding hydrogens is 354 g/mol. The summed E-state index contributed by atoms with van der Waals surface area (Å²) in [5.41, 5.74) is 2.03. The summed E-state index contributed by atoms with van der Waals surface area (Å²) in [6.07, 6.45) is 3.26. The summed E-state index contributed by atoms with van der Waals surface area (Å²) < 4.78 is 7.48. The van der Waals surface area contributed by atoms with Crippen molar-refractivity contribution in [2.24, 2.45) is 0 Å². The number of likely N-dealkylation sites (tertiary alicyclic amines) is 1. The average molecular weight is 383 g/mol. The molecule has 2 aromatic rings. The first-order chi connectivity index (χ1) is 13.2. The van der Waals surface area contributed by atoms with Crippen LogP contribution in [0.5, 0.6) is 0 Å². The van der Waals surface area contributed by atoms with Gasteiger partial charge in [0, 0.05) is 31.0 Å². The normalized spacial score (nSPS) is 15.4. The fourth-order valence-corrected chi connectivity index (χ4v) is 3.48. The minimum absolute atomic E-state index is 0.120. The second-order valence-electron chi connectivity index (χ2n) is 8.32. The number of hydrogen-bond acceptors (Lipinski definition) is 3. The van der Waals surface area contributed by atoms with Crippen LogP contribution in [0.4, 0.5) is 10.5 Å². The molecule has 0 radical (unpaired) electrons. The molecule has 0 atom stereocenters. The predicted molar refractivity (Wildman–Crippen MR) is 110 cm³/mol. The highest BCUT2D eigenvalue weighted by Gasteiger charge is 2.28. The van der Waals surface area contributed by atoms with Crippen molar-refractivity contribution in [3.8, 4) is 0 Å². The fourth-order valence-electron chi connectivity index (χ4n) is 3.48. The summed E-state index contributed by atoms with van der Waals surface area (Å²) in [6, 6.07) is 11.7. The average Bonchev–Trinajstić information content (AvgIpc) is 3.10. The van der Waals surface area contributed by atoms with Crippen molar-refractivity contribution < 1.29 is 14.3 Å². The maximum atomic E-state index is 12.8. The number of aryl methyl sites for hydroxylation is 1. The highest BCUT2D eigenvalue weighted by atomic mass is 16.6. The molecular formula is C22H29N3O3. The summed E-state index contributed by atoms with van der Waals surface area (Å²) in [7, 11) is 0. The molecule has 0 bridgehead atoms. The Balaban J connectivity index is 1.63. The lowest BCUT2D eigenvalue weighted by molar-refractivity contribution is 0.0187. The Morgan fingerprint density at radius 1 is 1.11 bits per heavy atom. The van der Waals surface area contributed by atoms with Crippen molar-refractivity contribution in [1.82, 2.24) is 9.47 Å². The number of amides is 2. The van der Waals surface area contributed by atoms with Gasteiger partial charge in [0.1, 0.15) is 11.3 Å². The van der Waals surface area contributed by atoms with Crippen LogP contribution in [0.1, 0.15) is 55.7 Å². The van der Waals surface area contributed by atoms with E-state index in [1.54, 1.807) is 4.90 Å². The molecule has 2 amide bonds. The van der Waals surface area contributed by atoms with E-state index in [1.165, 1.54) is 0 Å². The molecule has 150 valence electrons. The zero-order valence-corrected chi connectivity index (χ0v) is 17.1. The molecule has 3 rings (SSSR count). The maximum absolute atomic E-state index is 12.8. The first kappa shape index (κ1) is 20.0. The summed E-state index contributed by atoms with van der Waals surface area (Å²) in [5.74, 6) is -0.120. The SMILES string of the molecule is Cc1cccc(NC(=O)c2cccn2C2CCN(C(=O)OC(C)(C)C)CC2)c1. The van der Waals surface area contributed by atoms with Gasteiger partial charge < -0.3 is 19.5 Å². The number of carbonyl (C=O) groups excluding carboxylic acids is 2. The number of rotatable bonds is 3. The molecule has 0 saturated carbocycles. The van der Waals surface area contributed by atoms with Crippen LogP contribution >= 0.6 is 0 Å². The molecule has 1 saturated heterocycles. The lowest BCUT2D eigenvalue weighted by atomic mass is 10.0. The lowest BCUT2D eigenvalue weighted by Crippen LogP contribution is -2.42. The van der Waals surface area contributed by atoms with E-state index >= 15 is 0 Å². The van der Waals surface area contributed by atoms with Crippen LogP contribution in [0.3, 0.4) is 0 Å². The number of benzene rings is 1. The van der Waals surface area contributed by atoms with Crippen LogP contribution in [-0.4, -0.2) is 40.2 Å². The number of nitrogens with zero attached hydrogens (tertiary/aromatic N) is 2. The largest absolute Gasteiger partial charge is 0.444 e. The Hall–Kier alpha value is -2.76. The first-order valence-corrected chi connectivity index (χ1v) is 9.76. The van der Waals surface area contributed by atoms with Crippen LogP contribution in [0.25, 0.3) is 0 Å². The van der Waals surface area contributed by atoms with Gasteiger partial charge in [-0.05, 0) is 70.4 Å². The lowest BCUT2D eigenvalue weighted by Gasteiger charge is -2.34. The standard InChI is InChI=1S/C22H29N3O3/c1-16-7-5-8-17(15-16)23-20(26)19-9-6-12-25(19)18-10-13-24(14-11-18)21(27)28-22(2,3)4/h5-9,12,15,18H,10-11,13-14H2,1-4H3,(H,23,26). The van der Waals surface area contributed by atoms with Crippen LogP contribution in [-0.2, 0) is 4.74 Å². The first-order valence-electron chi connectivity index (χ1n) is 9.76. The van der Waals surface area contributed by atoms with E-state index in [1.807, 2.05) is 74.9 Å². The van der Waals surface area contributed by atoms with Gasteiger partial charge in [0.25, 0.3) is 5.91 Å². The molecule has 1 aromatic carbocycles. The second-order valence-corrected chi connectivity index (χ2v) is 8.32. The molecule has 0 aliphatic carbocycles. The number of hydrogen-bond donors (Lipinski definition) is 1. The quantitative estimate of drug-likeness (QED) is 0.841. The number of ether oxygens (including phenoxy) is 1. The van der Waals surface area contributed by atoms with Gasteiger partial charge in [0.2, 0.25) is 0 Å². The Labute approximate surface area is 166 Å². The molecule has 6 heteroatoms. The van der Waals surface area contributed by atoms with Gasteiger partial charge in [-0.15, -0.1) is 0 Å². The van der Waals surface area contributed by atoms with Crippen molar-refractivity contribution in [2.75, 3.05) is 18.4 Å². The van der Waals surface area contributed by atoms with Crippen LogP contribution in [0.15, 0.2) is 42.6 Å². The van der Waals surface area contributed by atoms with Crippen LogP contribution in [0, 0.1) is 6.92 Å². The third kappa shape index (κ3) is 4.94. The van der Waals surface area contributed by atoms with E-state index in [0.717, 1.165) is 24.1 Å². The molecule has 0 unspecified atom stereocenters. The van der Waals surface area contributed by atoms with E-state index in [4.69, 9.17) is 4.74 Å². The number of nitrogens with one attached hydrogen (secondary N) is 1. The van der Waals surface area contributed by atoms with E-state index in [2.05, 4.69) is 5.32 Å². The topological polar surface area (TPSA) is 63.6 Å². The predicted octanol–water partition coefficient (Wildman–Crippen LogP) is 4.62. The van der Waals surface area contributed by atoms with E-state index in [9.17, 15) is 9.59 Å². The molecule has 1 aliphatic rings. The third-order valence-corrected chi connectivity index (χ3v) is 4.80. The maximum Gasteiger partial charge on any atom is 0.410 e. The van der Waals surface area contributed by atoms with Crippen molar-refractivity contribution in [1.29, 1.82) is 0 Å². The van der Waals surface area contributed by atoms with E-state index in [-0.39, 0.29) is 18.0 Å². The molecule has 1 N–H and O–H groups in total. The van der Waals surface area contributed by atoms with E-state index < -0.39 is 5.60 Å². The zero-order chi connectivity index (χ0) is 20.3. The number of carbonyl (C=O) groups is 2. The Kier molecular flexibility index (Phi) is 5.77. The second kappa shape index (κ2) is 8.09. The molecule has 2 heterocycles. The summed E-state index contributed by atoms with van der Waals surface area (Å²) in [5, 5.41) is 2.97. The van der Waals surface area contributed by atoms with Gasteiger partial charge in [-0.3, -0.25) is 4.79 Å². The molecule has 1 aliphatic heterocycles. The Morgan fingerprint density at radius 2 is 1.82 bits per heavy atom.